The molecular formula is C23H24N4O. The molecule has 3 unspecified atom stereocenters. The monoisotopic (exact) mass is 372 g/mol. The second-order valence-corrected chi connectivity index (χ2v) is 7.77. The van der Waals surface area contributed by atoms with E-state index in [9.17, 15) is 4.79 Å². The molecule has 142 valence electrons. The van der Waals surface area contributed by atoms with E-state index in [2.05, 4.69) is 58.3 Å². The first-order valence-electron chi connectivity index (χ1n) is 9.95. The van der Waals surface area contributed by atoms with Crippen LogP contribution in [0.15, 0.2) is 67.0 Å². The van der Waals surface area contributed by atoms with Gasteiger partial charge in [-0.05, 0) is 40.5 Å². The fraction of sp³-hybridized carbons (Fsp3) is 0.304. The summed E-state index contributed by atoms with van der Waals surface area (Å²) in [4.78, 5) is 18.9. The Kier molecular flexibility index (Phi) is 4.55. The van der Waals surface area contributed by atoms with Crippen LogP contribution in [0.4, 0.5) is 0 Å². The third-order valence-corrected chi connectivity index (χ3v) is 6.13. The summed E-state index contributed by atoms with van der Waals surface area (Å²) in [5.41, 5.74) is 9.34. The smallest absolute Gasteiger partial charge is 0.227 e. The SMILES string of the molecule is O=C(Cc1ccncc1)N1CCC2NNC(c3cccc4ccccc34)C2C1. The average molecular weight is 372 g/mol. The number of rotatable bonds is 3. The van der Waals surface area contributed by atoms with Crippen LogP contribution >= 0.6 is 0 Å². The highest BCUT2D eigenvalue weighted by atomic mass is 16.2. The summed E-state index contributed by atoms with van der Waals surface area (Å²) in [6.45, 7) is 1.59. The molecule has 3 heterocycles. The Bertz CT molecular complexity index is 985. The highest BCUT2D eigenvalue weighted by Gasteiger charge is 2.41. The van der Waals surface area contributed by atoms with E-state index in [-0.39, 0.29) is 11.9 Å². The lowest BCUT2D eigenvalue weighted by Crippen LogP contribution is -2.48. The number of carbonyl (C=O) groups is 1. The van der Waals surface area contributed by atoms with E-state index in [0.29, 0.717) is 18.4 Å². The molecule has 5 nitrogen and oxygen atoms in total. The molecular weight excluding hydrogens is 348 g/mol. The van der Waals surface area contributed by atoms with E-state index in [0.717, 1.165) is 25.1 Å². The van der Waals surface area contributed by atoms with Crippen molar-refractivity contribution < 1.29 is 4.79 Å². The zero-order chi connectivity index (χ0) is 18.9. The van der Waals surface area contributed by atoms with Crippen LogP contribution in [0.3, 0.4) is 0 Å². The van der Waals surface area contributed by atoms with Gasteiger partial charge in [-0.3, -0.25) is 15.2 Å². The van der Waals surface area contributed by atoms with Gasteiger partial charge in [-0.25, -0.2) is 5.43 Å². The third kappa shape index (κ3) is 3.17. The quantitative estimate of drug-likeness (QED) is 0.742. The zero-order valence-corrected chi connectivity index (χ0v) is 15.7. The molecule has 2 aromatic carbocycles. The van der Waals surface area contributed by atoms with Crippen LogP contribution in [0.1, 0.15) is 23.6 Å². The van der Waals surface area contributed by atoms with Gasteiger partial charge in [0.25, 0.3) is 0 Å². The number of nitrogens with zero attached hydrogens (tertiary/aromatic N) is 2. The molecule has 0 spiro atoms. The van der Waals surface area contributed by atoms with Gasteiger partial charge in [0.1, 0.15) is 0 Å². The van der Waals surface area contributed by atoms with Gasteiger partial charge in [-0.15, -0.1) is 0 Å². The van der Waals surface area contributed by atoms with Crippen LogP contribution in [-0.4, -0.2) is 34.9 Å². The summed E-state index contributed by atoms with van der Waals surface area (Å²) in [7, 11) is 0. The molecule has 2 aliphatic rings. The van der Waals surface area contributed by atoms with Crippen LogP contribution in [0.5, 0.6) is 0 Å². The van der Waals surface area contributed by atoms with Gasteiger partial charge in [-0.2, -0.15) is 0 Å². The number of hydrogen-bond donors (Lipinski definition) is 2. The fourth-order valence-electron chi connectivity index (χ4n) is 4.65. The number of aromatic nitrogens is 1. The van der Waals surface area contributed by atoms with Gasteiger partial charge in [-0.1, -0.05) is 42.5 Å². The molecule has 3 aromatic rings. The van der Waals surface area contributed by atoms with Crippen molar-refractivity contribution in [1.29, 1.82) is 0 Å². The van der Waals surface area contributed by atoms with Gasteiger partial charge in [0.05, 0.1) is 12.5 Å². The predicted molar refractivity (Wildman–Crippen MR) is 109 cm³/mol. The number of piperidine rings is 1. The molecule has 28 heavy (non-hydrogen) atoms. The van der Waals surface area contributed by atoms with Crippen LogP contribution in [0.25, 0.3) is 10.8 Å². The lowest BCUT2D eigenvalue weighted by molar-refractivity contribution is -0.132. The summed E-state index contributed by atoms with van der Waals surface area (Å²) in [6.07, 6.45) is 4.91. The van der Waals surface area contributed by atoms with E-state index in [1.54, 1.807) is 12.4 Å². The average Bonchev–Trinajstić information content (AvgIpc) is 3.17. The van der Waals surface area contributed by atoms with E-state index in [1.165, 1.54) is 16.3 Å². The number of benzene rings is 2. The van der Waals surface area contributed by atoms with Gasteiger partial charge < -0.3 is 4.90 Å². The summed E-state index contributed by atoms with van der Waals surface area (Å²) in [5.74, 6) is 0.564. The first kappa shape index (κ1) is 17.3. The van der Waals surface area contributed by atoms with Crippen molar-refractivity contribution in [3.05, 3.63) is 78.1 Å². The molecule has 0 bridgehead atoms. The van der Waals surface area contributed by atoms with Crippen LogP contribution in [0.2, 0.25) is 0 Å². The van der Waals surface area contributed by atoms with E-state index >= 15 is 0 Å². The molecule has 1 aromatic heterocycles. The van der Waals surface area contributed by atoms with Gasteiger partial charge in [0, 0.05) is 37.4 Å². The van der Waals surface area contributed by atoms with Crippen molar-refractivity contribution in [3.63, 3.8) is 0 Å². The van der Waals surface area contributed by atoms with Crippen molar-refractivity contribution in [2.24, 2.45) is 5.92 Å². The first-order valence-corrected chi connectivity index (χ1v) is 9.95. The van der Waals surface area contributed by atoms with E-state index in [4.69, 9.17) is 0 Å². The first-order chi connectivity index (χ1) is 13.8. The van der Waals surface area contributed by atoms with Crippen molar-refractivity contribution in [3.8, 4) is 0 Å². The summed E-state index contributed by atoms with van der Waals surface area (Å²) in [6, 6.07) is 19.4. The lowest BCUT2D eigenvalue weighted by Gasteiger charge is -2.36. The predicted octanol–water partition coefficient (Wildman–Crippen LogP) is 2.84. The largest absolute Gasteiger partial charge is 0.342 e. The van der Waals surface area contributed by atoms with Crippen LogP contribution in [-0.2, 0) is 11.2 Å². The second kappa shape index (κ2) is 7.34. The molecule has 5 heteroatoms. The molecule has 2 fully saturated rings. The Morgan fingerprint density at radius 3 is 2.75 bits per heavy atom. The summed E-state index contributed by atoms with van der Waals surface area (Å²) >= 11 is 0. The third-order valence-electron chi connectivity index (χ3n) is 6.13. The van der Waals surface area contributed by atoms with Crippen molar-refractivity contribution in [2.75, 3.05) is 13.1 Å². The molecule has 0 aliphatic carbocycles. The Morgan fingerprint density at radius 1 is 1.04 bits per heavy atom. The standard InChI is InChI=1S/C23H24N4O/c28-22(14-16-8-11-24-12-9-16)27-13-10-21-20(15-27)23(26-25-21)19-7-3-5-17-4-1-2-6-18(17)19/h1-9,11-12,20-21,23,25-26H,10,13-15H2. The topological polar surface area (TPSA) is 57.3 Å². The maximum absolute atomic E-state index is 12.9. The van der Waals surface area contributed by atoms with Crippen molar-refractivity contribution in [1.82, 2.24) is 20.7 Å². The van der Waals surface area contributed by atoms with Crippen LogP contribution in [0, 0.1) is 5.92 Å². The maximum Gasteiger partial charge on any atom is 0.227 e. The molecule has 2 aliphatic heterocycles. The number of carbonyl (C=O) groups excluding carboxylic acids is 1. The molecule has 1 amide bonds. The molecule has 2 saturated heterocycles. The van der Waals surface area contributed by atoms with Gasteiger partial charge in [0.2, 0.25) is 5.91 Å². The lowest BCUT2D eigenvalue weighted by atomic mass is 9.83. The highest BCUT2D eigenvalue weighted by molar-refractivity contribution is 5.86. The minimum Gasteiger partial charge on any atom is -0.342 e. The van der Waals surface area contributed by atoms with Crippen molar-refractivity contribution in [2.45, 2.75) is 24.9 Å². The molecule has 2 N–H and O–H groups in total. The minimum absolute atomic E-state index is 0.202. The molecule has 0 saturated carbocycles. The Morgan fingerprint density at radius 2 is 1.86 bits per heavy atom. The van der Waals surface area contributed by atoms with Crippen molar-refractivity contribution >= 4 is 16.7 Å². The Balaban J connectivity index is 1.37. The van der Waals surface area contributed by atoms with E-state index < -0.39 is 0 Å². The molecule has 0 radical (unpaired) electrons. The minimum atomic E-state index is 0.202. The highest BCUT2D eigenvalue weighted by Crippen LogP contribution is 2.36. The van der Waals surface area contributed by atoms with E-state index in [1.807, 2.05) is 17.0 Å². The molecule has 5 rings (SSSR count). The number of hydrogen-bond acceptors (Lipinski definition) is 4. The second-order valence-electron chi connectivity index (χ2n) is 7.77. The van der Waals surface area contributed by atoms with Gasteiger partial charge in [0.15, 0.2) is 0 Å². The molecule has 3 atom stereocenters. The van der Waals surface area contributed by atoms with Gasteiger partial charge >= 0.3 is 0 Å². The number of hydrazine groups is 1. The number of fused-ring (bicyclic) bond motifs is 2. The Labute approximate surface area is 164 Å². The normalized spacial score (nSPS) is 24.3. The zero-order valence-electron chi connectivity index (χ0n) is 15.7. The number of nitrogens with one attached hydrogen (secondary N) is 2. The summed E-state index contributed by atoms with van der Waals surface area (Å²) in [5, 5.41) is 2.54. The number of amides is 1. The summed E-state index contributed by atoms with van der Waals surface area (Å²) < 4.78 is 0. The fourth-order valence-corrected chi connectivity index (χ4v) is 4.65. The number of likely N-dealkylation sites (tertiary alicyclic amines) is 1. The van der Waals surface area contributed by atoms with Crippen LogP contribution < -0.4 is 10.9 Å². The number of pyridine rings is 1. The maximum atomic E-state index is 12.9. The Hall–Kier alpha value is -2.76.